The third-order valence-electron chi connectivity index (χ3n) is 7.26. The minimum atomic E-state index is -1.88. The first-order chi connectivity index (χ1) is 19.1. The molecule has 0 spiro atoms. The Bertz CT molecular complexity index is 1630. The molecule has 0 radical (unpaired) electrons. The van der Waals surface area contributed by atoms with Crippen molar-refractivity contribution in [3.8, 4) is 34.3 Å². The summed E-state index contributed by atoms with van der Waals surface area (Å²) in [5.74, 6) is 1.60. The molecule has 0 aliphatic rings. The van der Waals surface area contributed by atoms with Gasteiger partial charge in [-0.1, -0.05) is 32.9 Å². The molecule has 1 aromatic carbocycles. The summed E-state index contributed by atoms with van der Waals surface area (Å²) in [7, 11) is -1.88. The number of hydrogen-bond donors (Lipinski definition) is 1. The highest BCUT2D eigenvalue weighted by molar-refractivity contribution is 6.74. The molecule has 0 aliphatic carbocycles. The maximum Gasteiger partial charge on any atom is 0.228 e. The molecule has 0 bridgehead atoms. The highest BCUT2D eigenvalue weighted by Crippen LogP contribution is 2.37. The summed E-state index contributed by atoms with van der Waals surface area (Å²) in [4.78, 5) is 22.6. The lowest BCUT2D eigenvalue weighted by Crippen LogP contribution is -2.40. The molecule has 5 rings (SSSR count). The van der Waals surface area contributed by atoms with Crippen LogP contribution in [0.3, 0.4) is 0 Å². The van der Waals surface area contributed by atoms with Crippen LogP contribution in [-0.4, -0.2) is 44.7 Å². The quantitative estimate of drug-likeness (QED) is 0.220. The molecular formula is C29H32FN7O2Si. The number of halogens is 1. The van der Waals surface area contributed by atoms with Crippen molar-refractivity contribution >= 4 is 25.3 Å². The molecular weight excluding hydrogens is 525 g/mol. The van der Waals surface area contributed by atoms with E-state index < -0.39 is 15.2 Å². The molecule has 2 N–H and O–H groups in total. The van der Waals surface area contributed by atoms with Crippen LogP contribution in [0.15, 0.2) is 67.1 Å². The van der Waals surface area contributed by atoms with E-state index >= 15 is 0 Å². The molecule has 0 fully saturated rings. The standard InChI is InChI=1S/C29H32FN7O2Si/c1-29(2,3)40(4,5)39-17-19-8-10-20(11-9-19)37-27(22-7-6-14-32-25(22)31)36-24-13-12-23(35-28(24)37)26-33-15-21(16-34-26)38-18-30/h6-16H,17-18H2,1-5H3,(H2,31,32). The van der Waals surface area contributed by atoms with Gasteiger partial charge in [-0.15, -0.1) is 0 Å². The number of rotatable bonds is 8. The monoisotopic (exact) mass is 557 g/mol. The zero-order chi connectivity index (χ0) is 28.5. The summed E-state index contributed by atoms with van der Waals surface area (Å²) < 4.78 is 25.7. The van der Waals surface area contributed by atoms with E-state index in [1.807, 2.05) is 34.9 Å². The second-order valence-corrected chi connectivity index (χ2v) is 15.8. The Morgan fingerprint density at radius 2 is 1.68 bits per heavy atom. The number of hydrogen-bond acceptors (Lipinski definition) is 8. The number of alkyl halides is 1. The van der Waals surface area contributed by atoms with Crippen molar-refractivity contribution < 1.29 is 13.6 Å². The zero-order valence-corrected chi connectivity index (χ0v) is 24.2. The van der Waals surface area contributed by atoms with Gasteiger partial charge in [0.05, 0.1) is 24.6 Å². The van der Waals surface area contributed by atoms with Crippen molar-refractivity contribution in [1.82, 2.24) is 29.5 Å². The van der Waals surface area contributed by atoms with Crippen molar-refractivity contribution in [3.63, 3.8) is 0 Å². The van der Waals surface area contributed by atoms with Gasteiger partial charge in [-0.2, -0.15) is 0 Å². The van der Waals surface area contributed by atoms with E-state index in [0.717, 1.165) is 11.3 Å². The van der Waals surface area contributed by atoms with Crippen LogP contribution in [0.4, 0.5) is 10.2 Å². The maximum absolute atomic E-state index is 12.5. The first-order valence-electron chi connectivity index (χ1n) is 12.9. The Labute approximate surface area is 233 Å². The fraction of sp³-hybridized carbons (Fsp3) is 0.276. The molecule has 0 saturated carbocycles. The van der Waals surface area contributed by atoms with Crippen LogP contribution < -0.4 is 10.5 Å². The van der Waals surface area contributed by atoms with Gasteiger partial charge >= 0.3 is 0 Å². The predicted molar refractivity (Wildman–Crippen MR) is 156 cm³/mol. The smallest absolute Gasteiger partial charge is 0.228 e. The van der Waals surface area contributed by atoms with Gasteiger partial charge in [0.1, 0.15) is 17.0 Å². The summed E-state index contributed by atoms with van der Waals surface area (Å²) in [6.45, 7) is 10.8. The van der Waals surface area contributed by atoms with E-state index in [2.05, 4.69) is 60.9 Å². The number of ether oxygens (including phenoxy) is 1. The van der Waals surface area contributed by atoms with E-state index in [-0.39, 0.29) is 10.8 Å². The van der Waals surface area contributed by atoms with Gasteiger partial charge in [0, 0.05) is 11.9 Å². The van der Waals surface area contributed by atoms with Crippen LogP contribution in [-0.2, 0) is 11.0 Å². The molecule has 11 heteroatoms. The van der Waals surface area contributed by atoms with Gasteiger partial charge in [-0.25, -0.2) is 29.3 Å². The number of benzene rings is 1. The molecule has 206 valence electrons. The molecule has 40 heavy (non-hydrogen) atoms. The van der Waals surface area contributed by atoms with Crippen molar-refractivity contribution in [1.29, 1.82) is 0 Å². The molecule has 0 saturated heterocycles. The number of anilines is 1. The van der Waals surface area contributed by atoms with E-state index in [1.165, 1.54) is 12.4 Å². The largest absolute Gasteiger partial charge is 0.460 e. The van der Waals surface area contributed by atoms with Gasteiger partial charge in [-0.05, 0) is 60.1 Å². The minimum absolute atomic E-state index is 0.134. The van der Waals surface area contributed by atoms with Crippen molar-refractivity contribution in [3.05, 3.63) is 72.7 Å². The Morgan fingerprint density at radius 1 is 0.950 bits per heavy atom. The number of aromatic nitrogens is 6. The van der Waals surface area contributed by atoms with Crippen molar-refractivity contribution in [2.24, 2.45) is 0 Å². The fourth-order valence-electron chi connectivity index (χ4n) is 3.92. The van der Waals surface area contributed by atoms with Crippen LogP contribution >= 0.6 is 0 Å². The predicted octanol–water partition coefficient (Wildman–Crippen LogP) is 6.35. The summed E-state index contributed by atoms with van der Waals surface area (Å²) in [6.07, 6.45) is 4.47. The van der Waals surface area contributed by atoms with E-state index in [9.17, 15) is 4.39 Å². The summed E-state index contributed by atoms with van der Waals surface area (Å²) in [5.41, 5.74) is 10.7. The van der Waals surface area contributed by atoms with E-state index in [4.69, 9.17) is 24.9 Å². The van der Waals surface area contributed by atoms with Crippen molar-refractivity contribution in [2.75, 3.05) is 12.6 Å². The number of pyridine rings is 2. The highest BCUT2D eigenvalue weighted by atomic mass is 28.4. The number of imidazole rings is 1. The Morgan fingerprint density at radius 3 is 2.33 bits per heavy atom. The molecule has 9 nitrogen and oxygen atoms in total. The molecule has 4 aromatic heterocycles. The number of nitrogens with two attached hydrogens (primary N) is 1. The Hall–Kier alpha value is -4.22. The molecule has 0 atom stereocenters. The lowest BCUT2D eigenvalue weighted by molar-refractivity contribution is 0.190. The van der Waals surface area contributed by atoms with Crippen LogP contribution in [0.2, 0.25) is 18.1 Å². The lowest BCUT2D eigenvalue weighted by Gasteiger charge is -2.36. The van der Waals surface area contributed by atoms with Gasteiger partial charge < -0.3 is 14.9 Å². The van der Waals surface area contributed by atoms with Gasteiger partial charge in [-0.3, -0.25) is 4.57 Å². The second kappa shape index (κ2) is 10.7. The van der Waals surface area contributed by atoms with Crippen molar-refractivity contribution in [2.45, 2.75) is 45.5 Å². The molecule has 0 amide bonds. The first-order valence-corrected chi connectivity index (χ1v) is 15.8. The summed E-state index contributed by atoms with van der Waals surface area (Å²) in [5, 5.41) is 0.134. The third-order valence-corrected chi connectivity index (χ3v) is 11.7. The maximum atomic E-state index is 12.5. The molecule has 0 aliphatic heterocycles. The molecule has 4 heterocycles. The third kappa shape index (κ3) is 5.43. The van der Waals surface area contributed by atoms with Gasteiger partial charge in [0.2, 0.25) is 6.86 Å². The normalized spacial score (nSPS) is 12.2. The van der Waals surface area contributed by atoms with E-state index in [0.29, 0.717) is 46.5 Å². The van der Waals surface area contributed by atoms with Gasteiger partial charge in [0.15, 0.2) is 31.4 Å². The van der Waals surface area contributed by atoms with E-state index in [1.54, 1.807) is 12.3 Å². The Balaban J connectivity index is 1.57. The number of nitrogens with zero attached hydrogens (tertiary/aromatic N) is 6. The van der Waals surface area contributed by atoms with Crippen LogP contribution in [0.25, 0.3) is 39.8 Å². The topological polar surface area (TPSA) is 114 Å². The van der Waals surface area contributed by atoms with Crippen LogP contribution in [0.1, 0.15) is 26.3 Å². The lowest BCUT2D eigenvalue weighted by atomic mass is 10.2. The van der Waals surface area contributed by atoms with Crippen LogP contribution in [0.5, 0.6) is 5.75 Å². The second-order valence-electron chi connectivity index (χ2n) is 11.0. The Kier molecular flexibility index (Phi) is 7.34. The average molecular weight is 558 g/mol. The SMILES string of the molecule is CC(C)(C)[Si](C)(C)OCc1ccc(-n2c(-c3cccnc3N)nc3ccc(-c4ncc(OCF)cn4)nc32)cc1. The van der Waals surface area contributed by atoms with Crippen LogP contribution in [0, 0.1) is 0 Å². The minimum Gasteiger partial charge on any atom is -0.460 e. The summed E-state index contributed by atoms with van der Waals surface area (Å²) >= 11 is 0. The average Bonchev–Trinajstić information content (AvgIpc) is 3.31. The summed E-state index contributed by atoms with van der Waals surface area (Å²) in [6, 6.07) is 15.5. The zero-order valence-electron chi connectivity index (χ0n) is 23.2. The fourth-order valence-corrected chi connectivity index (χ4v) is 4.88. The molecule has 0 unspecified atom stereocenters. The first kappa shape index (κ1) is 27.3. The number of nitrogen functional groups attached to an aromatic ring is 1. The van der Waals surface area contributed by atoms with Gasteiger partial charge in [0.25, 0.3) is 0 Å². The highest BCUT2D eigenvalue weighted by Gasteiger charge is 2.37. The number of fused-ring (bicyclic) bond motifs is 1. The molecule has 5 aromatic rings.